The quantitative estimate of drug-likeness (QED) is 0.356. The van der Waals surface area contributed by atoms with Gasteiger partial charge < -0.3 is 24.7 Å². The van der Waals surface area contributed by atoms with E-state index in [2.05, 4.69) is 32.1 Å². The molecule has 164 valence electrons. The van der Waals surface area contributed by atoms with Crippen LogP contribution in [0.1, 0.15) is 37.1 Å². The van der Waals surface area contributed by atoms with Crippen molar-refractivity contribution in [3.05, 3.63) is 66.5 Å². The van der Waals surface area contributed by atoms with Crippen molar-refractivity contribution in [2.75, 3.05) is 19.0 Å². The fraction of sp³-hybridized carbons (Fsp3) is 0.348. The van der Waals surface area contributed by atoms with E-state index in [4.69, 9.17) is 21.7 Å². The number of rotatable bonds is 10. The maximum atomic E-state index is 6.22. The fourth-order valence-corrected chi connectivity index (χ4v) is 3.43. The minimum atomic E-state index is -0.0717. The molecule has 2 N–H and O–H groups in total. The second-order valence-corrected chi connectivity index (χ2v) is 7.53. The highest BCUT2D eigenvalue weighted by atomic mass is 32.1. The number of benzene rings is 1. The number of nitrogens with zero attached hydrogens (tertiary/aromatic N) is 3. The lowest BCUT2D eigenvalue weighted by Crippen LogP contribution is -2.29. The van der Waals surface area contributed by atoms with Gasteiger partial charge in [-0.15, -0.1) is 0 Å². The number of nitrogens with one attached hydrogen (secondary N) is 2. The summed E-state index contributed by atoms with van der Waals surface area (Å²) < 4.78 is 13.9. The van der Waals surface area contributed by atoms with Crippen molar-refractivity contribution in [3.8, 4) is 11.5 Å². The number of aryl methyl sites for hydroxylation is 2. The number of anilines is 1. The number of ether oxygens (including phenoxy) is 2. The number of hydrogen-bond donors (Lipinski definition) is 2. The number of thiocarbonyl (C=S) groups is 1. The van der Waals surface area contributed by atoms with Gasteiger partial charge in [0.25, 0.3) is 0 Å². The average molecular weight is 440 g/mol. The van der Waals surface area contributed by atoms with E-state index < -0.39 is 0 Å². The number of aromatic nitrogens is 3. The summed E-state index contributed by atoms with van der Waals surface area (Å²) in [7, 11) is 1.63. The molecule has 0 spiro atoms. The standard InChI is InChI=1S/C23H29N5O2S/c1-4-20(18-8-11-24-12-9-18)30-21-7-6-19(14-22(21)29-3)27-23(31)26-10-5-13-28-16-25-15-17(28)2/h6-9,11-12,14-16,20H,4-5,10,13H2,1-3H3,(H2,26,27,31). The molecule has 0 radical (unpaired) electrons. The highest BCUT2D eigenvalue weighted by Gasteiger charge is 2.15. The number of imidazole rings is 1. The van der Waals surface area contributed by atoms with Crippen molar-refractivity contribution in [1.82, 2.24) is 19.9 Å². The van der Waals surface area contributed by atoms with E-state index in [1.807, 2.05) is 49.8 Å². The van der Waals surface area contributed by atoms with Gasteiger partial charge in [-0.3, -0.25) is 4.98 Å². The van der Waals surface area contributed by atoms with Crippen molar-refractivity contribution in [3.63, 3.8) is 0 Å². The Morgan fingerprint density at radius 2 is 1.97 bits per heavy atom. The molecule has 3 rings (SSSR count). The van der Waals surface area contributed by atoms with Gasteiger partial charge in [0.1, 0.15) is 6.10 Å². The maximum absolute atomic E-state index is 6.22. The minimum Gasteiger partial charge on any atom is -0.493 e. The van der Waals surface area contributed by atoms with Crippen molar-refractivity contribution in [2.45, 2.75) is 39.3 Å². The zero-order valence-electron chi connectivity index (χ0n) is 18.2. The first kappa shape index (κ1) is 22.6. The van der Waals surface area contributed by atoms with Gasteiger partial charge in [0, 0.05) is 49.1 Å². The molecule has 0 aliphatic carbocycles. The van der Waals surface area contributed by atoms with Gasteiger partial charge in [0.15, 0.2) is 16.6 Å². The van der Waals surface area contributed by atoms with E-state index >= 15 is 0 Å². The highest BCUT2D eigenvalue weighted by Crippen LogP contribution is 2.34. The summed E-state index contributed by atoms with van der Waals surface area (Å²) in [5, 5.41) is 7.01. The highest BCUT2D eigenvalue weighted by molar-refractivity contribution is 7.80. The smallest absolute Gasteiger partial charge is 0.170 e. The van der Waals surface area contributed by atoms with Gasteiger partial charge in [0.2, 0.25) is 0 Å². The fourth-order valence-electron chi connectivity index (χ4n) is 3.21. The third-order valence-corrected chi connectivity index (χ3v) is 5.17. The lowest BCUT2D eigenvalue weighted by molar-refractivity contribution is 0.192. The van der Waals surface area contributed by atoms with Gasteiger partial charge >= 0.3 is 0 Å². The van der Waals surface area contributed by atoms with Crippen LogP contribution in [0.2, 0.25) is 0 Å². The Labute approximate surface area is 188 Å². The Morgan fingerprint density at radius 1 is 1.16 bits per heavy atom. The van der Waals surface area contributed by atoms with Crippen LogP contribution in [0.25, 0.3) is 0 Å². The molecular weight excluding hydrogens is 410 g/mol. The minimum absolute atomic E-state index is 0.0717. The second kappa shape index (κ2) is 11.3. The molecule has 2 heterocycles. The van der Waals surface area contributed by atoms with Gasteiger partial charge in [-0.1, -0.05) is 6.92 Å². The Kier molecular flexibility index (Phi) is 8.23. The summed E-state index contributed by atoms with van der Waals surface area (Å²) in [4.78, 5) is 8.21. The van der Waals surface area contributed by atoms with E-state index in [0.717, 1.165) is 42.9 Å². The first-order valence-electron chi connectivity index (χ1n) is 10.4. The topological polar surface area (TPSA) is 73.2 Å². The first-order valence-corrected chi connectivity index (χ1v) is 10.8. The van der Waals surface area contributed by atoms with Crippen LogP contribution < -0.4 is 20.1 Å². The van der Waals surface area contributed by atoms with E-state index in [-0.39, 0.29) is 6.10 Å². The molecule has 1 aromatic carbocycles. The summed E-state index contributed by atoms with van der Waals surface area (Å²) in [6.07, 6.45) is 8.96. The van der Waals surface area contributed by atoms with Crippen molar-refractivity contribution in [2.24, 2.45) is 0 Å². The maximum Gasteiger partial charge on any atom is 0.170 e. The molecule has 7 nitrogen and oxygen atoms in total. The normalized spacial score (nSPS) is 11.6. The average Bonchev–Trinajstić information content (AvgIpc) is 3.20. The molecule has 0 amide bonds. The third-order valence-electron chi connectivity index (χ3n) is 4.92. The molecule has 0 saturated heterocycles. The van der Waals surface area contributed by atoms with E-state index in [0.29, 0.717) is 16.6 Å². The summed E-state index contributed by atoms with van der Waals surface area (Å²) in [6, 6.07) is 9.65. The predicted molar refractivity (Wildman–Crippen MR) is 127 cm³/mol. The Morgan fingerprint density at radius 3 is 2.65 bits per heavy atom. The SMILES string of the molecule is CCC(Oc1ccc(NC(=S)NCCCn2cncc2C)cc1OC)c1ccncc1. The Bertz CT molecular complexity index is 977. The Hall–Kier alpha value is -3.13. The molecule has 0 saturated carbocycles. The van der Waals surface area contributed by atoms with Gasteiger partial charge in [-0.25, -0.2) is 4.98 Å². The monoisotopic (exact) mass is 439 g/mol. The largest absolute Gasteiger partial charge is 0.493 e. The van der Waals surface area contributed by atoms with Crippen LogP contribution in [-0.4, -0.2) is 33.3 Å². The number of hydrogen-bond acceptors (Lipinski definition) is 5. The van der Waals surface area contributed by atoms with Crippen LogP contribution in [0, 0.1) is 6.92 Å². The van der Waals surface area contributed by atoms with Crippen molar-refractivity contribution in [1.29, 1.82) is 0 Å². The van der Waals surface area contributed by atoms with Gasteiger partial charge in [-0.2, -0.15) is 0 Å². The predicted octanol–water partition coefficient (Wildman–Crippen LogP) is 4.50. The molecular formula is C23H29N5O2S. The van der Waals surface area contributed by atoms with E-state index in [1.165, 1.54) is 0 Å². The lowest BCUT2D eigenvalue weighted by Gasteiger charge is -2.20. The Balaban J connectivity index is 1.54. The molecule has 2 aromatic heterocycles. The molecule has 0 aliphatic heterocycles. The first-order chi connectivity index (χ1) is 15.1. The summed E-state index contributed by atoms with van der Waals surface area (Å²) >= 11 is 5.42. The molecule has 31 heavy (non-hydrogen) atoms. The third kappa shape index (κ3) is 6.42. The molecule has 1 unspecified atom stereocenters. The van der Waals surface area contributed by atoms with Gasteiger partial charge in [-0.05, 0) is 61.8 Å². The lowest BCUT2D eigenvalue weighted by atomic mass is 10.1. The van der Waals surface area contributed by atoms with Crippen LogP contribution >= 0.6 is 12.2 Å². The van der Waals surface area contributed by atoms with Crippen LogP contribution in [-0.2, 0) is 6.54 Å². The van der Waals surface area contributed by atoms with Crippen molar-refractivity contribution < 1.29 is 9.47 Å². The zero-order chi connectivity index (χ0) is 22.1. The molecule has 3 aromatic rings. The summed E-state index contributed by atoms with van der Waals surface area (Å²) in [6.45, 7) is 5.81. The summed E-state index contributed by atoms with van der Waals surface area (Å²) in [5.74, 6) is 1.34. The van der Waals surface area contributed by atoms with Crippen molar-refractivity contribution >= 4 is 23.0 Å². The molecule has 0 bridgehead atoms. The van der Waals surface area contributed by atoms with Crippen LogP contribution in [0.5, 0.6) is 11.5 Å². The van der Waals surface area contributed by atoms with E-state index in [1.54, 1.807) is 19.5 Å². The van der Waals surface area contributed by atoms with Crippen LogP contribution in [0.3, 0.4) is 0 Å². The van der Waals surface area contributed by atoms with Gasteiger partial charge in [0.05, 0.1) is 13.4 Å². The van der Waals surface area contributed by atoms with E-state index in [9.17, 15) is 0 Å². The molecule has 0 aliphatic rings. The number of pyridine rings is 1. The molecule has 1 atom stereocenters. The van der Waals surface area contributed by atoms with Crippen LogP contribution in [0.4, 0.5) is 5.69 Å². The second-order valence-electron chi connectivity index (χ2n) is 7.12. The van der Waals surface area contributed by atoms with Crippen LogP contribution in [0.15, 0.2) is 55.2 Å². The summed E-state index contributed by atoms with van der Waals surface area (Å²) in [5.41, 5.74) is 3.08. The molecule has 8 heteroatoms. The molecule has 0 fully saturated rings. The zero-order valence-corrected chi connectivity index (χ0v) is 19.0. The number of methoxy groups -OCH3 is 1.